The summed E-state index contributed by atoms with van der Waals surface area (Å²) in [4.78, 5) is 4.05. The number of hydrogen-bond acceptors (Lipinski definition) is 5. The first-order chi connectivity index (χ1) is 11.6. The van der Waals surface area contributed by atoms with E-state index in [1.165, 1.54) is 11.3 Å². The lowest BCUT2D eigenvalue weighted by molar-refractivity contribution is -0.274. The molecule has 0 spiro atoms. The van der Waals surface area contributed by atoms with Gasteiger partial charge in [-0.3, -0.25) is 4.72 Å². The van der Waals surface area contributed by atoms with E-state index >= 15 is 0 Å². The molecule has 0 bridgehead atoms. The van der Waals surface area contributed by atoms with Gasteiger partial charge in [0.2, 0.25) is 0 Å². The topological polar surface area (TPSA) is 68.3 Å². The highest BCUT2D eigenvalue weighted by molar-refractivity contribution is 7.93. The number of anilines is 1. The summed E-state index contributed by atoms with van der Waals surface area (Å²) in [6.45, 7) is 1.86. The van der Waals surface area contributed by atoms with Crippen LogP contribution in [0, 0.1) is 6.92 Å². The summed E-state index contributed by atoms with van der Waals surface area (Å²) in [5.41, 5.74) is 1.60. The Hall–Kier alpha value is -2.33. The Kier molecular flexibility index (Phi) is 4.33. The Labute approximate surface area is 145 Å². The average molecular weight is 388 g/mol. The van der Waals surface area contributed by atoms with E-state index < -0.39 is 22.1 Å². The van der Waals surface area contributed by atoms with Crippen molar-refractivity contribution in [1.82, 2.24) is 4.98 Å². The fraction of sp³-hybridized carbons (Fsp3) is 0.133. The Morgan fingerprint density at radius 3 is 2.40 bits per heavy atom. The summed E-state index contributed by atoms with van der Waals surface area (Å²) in [7, 11) is -3.97. The third kappa shape index (κ3) is 4.02. The fourth-order valence-corrected chi connectivity index (χ4v) is 4.30. The predicted octanol–water partition coefficient (Wildman–Crippen LogP) is 4.30. The minimum Gasteiger partial charge on any atom is -0.406 e. The molecule has 25 heavy (non-hydrogen) atoms. The molecule has 0 saturated carbocycles. The Bertz CT molecular complexity index is 1010. The minimum absolute atomic E-state index is 0.180. The molecular formula is C15H11F3N2O3S2. The molecule has 132 valence electrons. The second kappa shape index (κ2) is 6.19. The summed E-state index contributed by atoms with van der Waals surface area (Å²) in [6.07, 6.45) is -4.84. The van der Waals surface area contributed by atoms with Gasteiger partial charge in [-0.05, 0) is 42.8 Å². The van der Waals surface area contributed by atoms with Crippen LogP contribution in [0.4, 0.5) is 18.3 Å². The molecule has 0 radical (unpaired) electrons. The van der Waals surface area contributed by atoms with Gasteiger partial charge in [-0.15, -0.1) is 13.2 Å². The van der Waals surface area contributed by atoms with Crippen LogP contribution in [0.1, 0.15) is 5.56 Å². The van der Waals surface area contributed by atoms with Crippen molar-refractivity contribution < 1.29 is 26.3 Å². The number of hydrogen-bond donors (Lipinski definition) is 1. The second-order valence-electron chi connectivity index (χ2n) is 5.07. The molecule has 5 nitrogen and oxygen atoms in total. The number of thiazole rings is 1. The van der Waals surface area contributed by atoms with Crippen LogP contribution in [0.5, 0.6) is 5.75 Å². The number of aryl methyl sites for hydroxylation is 1. The molecule has 1 N–H and O–H groups in total. The quantitative estimate of drug-likeness (QED) is 0.723. The number of rotatable bonds is 4. The van der Waals surface area contributed by atoms with E-state index in [0.717, 1.165) is 34.5 Å². The van der Waals surface area contributed by atoms with Crippen LogP contribution in [0.25, 0.3) is 10.2 Å². The van der Waals surface area contributed by atoms with Crippen LogP contribution in [-0.4, -0.2) is 19.8 Å². The molecule has 3 aromatic rings. The van der Waals surface area contributed by atoms with Gasteiger partial charge in [-0.2, -0.15) is 0 Å². The first kappa shape index (κ1) is 17.5. The molecule has 0 aliphatic heterocycles. The van der Waals surface area contributed by atoms with E-state index in [-0.39, 0.29) is 10.0 Å². The maximum absolute atomic E-state index is 12.4. The predicted molar refractivity (Wildman–Crippen MR) is 88.3 cm³/mol. The highest BCUT2D eigenvalue weighted by Gasteiger charge is 2.31. The van der Waals surface area contributed by atoms with Gasteiger partial charge in [0.15, 0.2) is 5.13 Å². The third-order valence-electron chi connectivity index (χ3n) is 3.21. The average Bonchev–Trinajstić information content (AvgIpc) is 2.89. The molecule has 1 aromatic heterocycles. The molecule has 0 amide bonds. The number of aromatic nitrogens is 1. The van der Waals surface area contributed by atoms with Crippen molar-refractivity contribution in [3.8, 4) is 5.75 Å². The molecule has 0 saturated heterocycles. The number of sulfonamides is 1. The van der Waals surface area contributed by atoms with Crippen LogP contribution in [0.3, 0.4) is 0 Å². The Morgan fingerprint density at radius 1 is 1.12 bits per heavy atom. The summed E-state index contributed by atoms with van der Waals surface area (Å²) in [5, 5.41) is 0.180. The number of fused-ring (bicyclic) bond motifs is 1. The minimum atomic E-state index is -4.84. The van der Waals surface area contributed by atoms with Gasteiger partial charge < -0.3 is 4.74 Å². The zero-order valence-corrected chi connectivity index (χ0v) is 14.3. The number of nitrogens with zero attached hydrogens (tertiary/aromatic N) is 1. The van der Waals surface area contributed by atoms with Crippen molar-refractivity contribution in [3.05, 3.63) is 48.0 Å². The van der Waals surface area contributed by atoms with E-state index in [9.17, 15) is 21.6 Å². The monoisotopic (exact) mass is 388 g/mol. The lowest BCUT2D eigenvalue weighted by Crippen LogP contribution is -2.17. The first-order valence-corrected chi connectivity index (χ1v) is 9.19. The standard InChI is InChI=1S/C15H11F3N2O3S2/c1-9-3-2-4-12-13(9)19-14(24-12)20-25(21,22)11-7-5-10(6-8-11)23-15(16,17)18/h2-8H,1H3,(H,19,20). The van der Waals surface area contributed by atoms with Crippen LogP contribution in [0.15, 0.2) is 47.4 Å². The van der Waals surface area contributed by atoms with Gasteiger partial charge >= 0.3 is 6.36 Å². The number of para-hydroxylation sites is 1. The summed E-state index contributed by atoms with van der Waals surface area (Å²) >= 11 is 1.17. The molecule has 0 aliphatic rings. The summed E-state index contributed by atoms with van der Waals surface area (Å²) in [6, 6.07) is 9.45. The number of halogens is 3. The summed E-state index contributed by atoms with van der Waals surface area (Å²) < 4.78 is 68.0. The lowest BCUT2D eigenvalue weighted by atomic mass is 10.2. The second-order valence-corrected chi connectivity index (χ2v) is 7.78. The van der Waals surface area contributed by atoms with Gasteiger partial charge in [0, 0.05) is 0 Å². The zero-order valence-electron chi connectivity index (χ0n) is 12.7. The number of benzene rings is 2. The Morgan fingerprint density at radius 2 is 1.80 bits per heavy atom. The third-order valence-corrected chi connectivity index (χ3v) is 5.63. The maximum Gasteiger partial charge on any atom is 0.573 e. The van der Waals surface area contributed by atoms with E-state index in [1.807, 2.05) is 25.1 Å². The van der Waals surface area contributed by atoms with E-state index in [1.54, 1.807) is 0 Å². The first-order valence-electron chi connectivity index (χ1n) is 6.89. The number of ether oxygens (including phenoxy) is 1. The van der Waals surface area contributed by atoms with Crippen LogP contribution in [-0.2, 0) is 10.0 Å². The van der Waals surface area contributed by atoms with Gasteiger partial charge in [0.1, 0.15) is 5.75 Å². The van der Waals surface area contributed by atoms with Crippen LogP contribution >= 0.6 is 11.3 Å². The largest absolute Gasteiger partial charge is 0.573 e. The van der Waals surface area contributed by atoms with E-state index in [2.05, 4.69) is 14.4 Å². The molecule has 10 heteroatoms. The van der Waals surface area contributed by atoms with Crippen molar-refractivity contribution >= 4 is 36.7 Å². The van der Waals surface area contributed by atoms with Crippen molar-refractivity contribution in [2.45, 2.75) is 18.2 Å². The number of nitrogens with one attached hydrogen (secondary N) is 1. The Balaban J connectivity index is 1.84. The van der Waals surface area contributed by atoms with Crippen molar-refractivity contribution in [1.29, 1.82) is 0 Å². The normalized spacial score (nSPS) is 12.3. The van der Waals surface area contributed by atoms with Crippen LogP contribution < -0.4 is 9.46 Å². The summed E-state index contributed by atoms with van der Waals surface area (Å²) in [5.74, 6) is -0.498. The van der Waals surface area contributed by atoms with Gasteiger partial charge in [0.25, 0.3) is 10.0 Å². The van der Waals surface area contributed by atoms with Gasteiger partial charge in [0.05, 0.1) is 15.1 Å². The molecule has 0 atom stereocenters. The molecule has 2 aromatic carbocycles. The SMILES string of the molecule is Cc1cccc2sc(NS(=O)(=O)c3ccc(OC(F)(F)F)cc3)nc12. The molecule has 0 aliphatic carbocycles. The molecular weight excluding hydrogens is 377 g/mol. The van der Waals surface area contributed by atoms with Crippen molar-refractivity contribution in [2.75, 3.05) is 4.72 Å². The van der Waals surface area contributed by atoms with Gasteiger partial charge in [-0.1, -0.05) is 23.5 Å². The number of alkyl halides is 3. The zero-order chi connectivity index (χ0) is 18.2. The van der Waals surface area contributed by atoms with Crippen molar-refractivity contribution in [2.24, 2.45) is 0 Å². The van der Waals surface area contributed by atoms with E-state index in [4.69, 9.17) is 0 Å². The smallest absolute Gasteiger partial charge is 0.406 e. The van der Waals surface area contributed by atoms with Gasteiger partial charge in [-0.25, -0.2) is 13.4 Å². The van der Waals surface area contributed by atoms with E-state index in [0.29, 0.717) is 5.52 Å². The molecule has 0 fully saturated rings. The molecule has 0 unspecified atom stereocenters. The highest BCUT2D eigenvalue weighted by atomic mass is 32.2. The maximum atomic E-state index is 12.4. The molecule has 1 heterocycles. The highest BCUT2D eigenvalue weighted by Crippen LogP contribution is 2.30. The lowest BCUT2D eigenvalue weighted by Gasteiger charge is -2.09. The fourth-order valence-electron chi connectivity index (χ4n) is 2.12. The molecule has 3 rings (SSSR count). The van der Waals surface area contributed by atoms with Crippen molar-refractivity contribution in [3.63, 3.8) is 0 Å². The van der Waals surface area contributed by atoms with Crippen LogP contribution in [0.2, 0.25) is 0 Å².